The van der Waals surface area contributed by atoms with Crippen LogP contribution in [0, 0.1) is 11.2 Å². The van der Waals surface area contributed by atoms with Crippen LogP contribution in [0.15, 0.2) is 36.4 Å². The zero-order valence-electron chi connectivity index (χ0n) is 20.9. The maximum absolute atomic E-state index is 13.6. The van der Waals surface area contributed by atoms with E-state index in [1.165, 1.54) is 12.1 Å². The first-order chi connectivity index (χ1) is 18.5. The SMILES string of the molecule is O=C(COc1ccc(Cl)c(F)c1)NC12CC(CC(=O)C3CC(NC4(C(=O)O)CC4)c4cc(Cl)ccc4O3)(C1)C2. The average Bonchev–Trinajstić information content (AvgIpc) is 3.63. The molecule has 0 saturated heterocycles. The zero-order chi connectivity index (χ0) is 27.6. The Morgan fingerprint density at radius 2 is 1.85 bits per heavy atom. The molecule has 2 unspecified atom stereocenters. The molecule has 0 aromatic heterocycles. The number of hydrogen-bond acceptors (Lipinski definition) is 6. The number of rotatable bonds is 10. The molecule has 4 fully saturated rings. The first-order valence-corrected chi connectivity index (χ1v) is 13.6. The number of benzene rings is 2. The van der Waals surface area contributed by atoms with E-state index < -0.39 is 23.4 Å². The van der Waals surface area contributed by atoms with Crippen molar-refractivity contribution in [1.82, 2.24) is 10.6 Å². The smallest absolute Gasteiger partial charge is 0.323 e. The van der Waals surface area contributed by atoms with Gasteiger partial charge in [0.25, 0.3) is 5.91 Å². The van der Waals surface area contributed by atoms with Crippen molar-refractivity contribution in [3.63, 3.8) is 0 Å². The Balaban J connectivity index is 1.03. The number of fused-ring (bicyclic) bond motifs is 1. The van der Waals surface area contributed by atoms with Crippen molar-refractivity contribution in [1.29, 1.82) is 0 Å². The first-order valence-electron chi connectivity index (χ1n) is 12.9. The lowest BCUT2D eigenvalue weighted by atomic mass is 9.38. The molecule has 4 aliphatic carbocycles. The van der Waals surface area contributed by atoms with E-state index in [0.717, 1.165) is 11.6 Å². The summed E-state index contributed by atoms with van der Waals surface area (Å²) in [4.78, 5) is 37.6. The van der Waals surface area contributed by atoms with Crippen LogP contribution in [0.5, 0.6) is 11.5 Å². The van der Waals surface area contributed by atoms with Crippen LogP contribution in [0.25, 0.3) is 0 Å². The molecule has 1 heterocycles. The van der Waals surface area contributed by atoms with Crippen LogP contribution in [-0.4, -0.2) is 46.6 Å². The summed E-state index contributed by atoms with van der Waals surface area (Å²) < 4.78 is 25.0. The van der Waals surface area contributed by atoms with Gasteiger partial charge in [-0.2, -0.15) is 0 Å². The maximum atomic E-state index is 13.6. The van der Waals surface area contributed by atoms with Crippen LogP contribution >= 0.6 is 23.2 Å². The third-order valence-electron chi connectivity index (χ3n) is 8.39. The number of hydrogen-bond donors (Lipinski definition) is 3. The van der Waals surface area contributed by atoms with Crippen molar-refractivity contribution in [2.24, 2.45) is 5.41 Å². The van der Waals surface area contributed by atoms with Gasteiger partial charge in [-0.25, -0.2) is 4.39 Å². The molecule has 11 heteroatoms. The van der Waals surface area contributed by atoms with Crippen LogP contribution < -0.4 is 20.1 Å². The second-order valence-corrected chi connectivity index (χ2v) is 12.3. The molecular formula is C28H27Cl2FN2O6. The lowest BCUT2D eigenvalue weighted by molar-refractivity contribution is -0.175. The Labute approximate surface area is 234 Å². The van der Waals surface area contributed by atoms with Gasteiger partial charge in [0.2, 0.25) is 0 Å². The monoisotopic (exact) mass is 576 g/mol. The van der Waals surface area contributed by atoms with Crippen molar-refractivity contribution in [3.05, 3.63) is 57.8 Å². The van der Waals surface area contributed by atoms with Crippen molar-refractivity contribution in [3.8, 4) is 11.5 Å². The minimum atomic E-state index is -0.973. The highest BCUT2D eigenvalue weighted by Crippen LogP contribution is 2.69. The van der Waals surface area contributed by atoms with Crippen LogP contribution in [0.2, 0.25) is 10.0 Å². The number of nitrogens with one attached hydrogen (secondary N) is 2. The molecule has 5 aliphatic rings. The fourth-order valence-electron chi connectivity index (χ4n) is 6.50. The van der Waals surface area contributed by atoms with Gasteiger partial charge >= 0.3 is 5.97 Å². The molecule has 2 aromatic rings. The predicted octanol–water partition coefficient (Wildman–Crippen LogP) is 4.61. The first kappa shape index (κ1) is 26.3. The number of carbonyl (C=O) groups is 3. The molecular weight excluding hydrogens is 550 g/mol. The van der Waals surface area contributed by atoms with Crippen LogP contribution in [0.1, 0.15) is 56.6 Å². The number of amides is 1. The average molecular weight is 577 g/mol. The van der Waals surface area contributed by atoms with E-state index in [1.807, 2.05) is 0 Å². The molecule has 0 spiro atoms. The summed E-state index contributed by atoms with van der Waals surface area (Å²) in [5.74, 6) is -1.11. The summed E-state index contributed by atoms with van der Waals surface area (Å²) in [6, 6.07) is 8.79. The van der Waals surface area contributed by atoms with Crippen molar-refractivity contribution < 1.29 is 33.4 Å². The molecule has 2 atom stereocenters. The fourth-order valence-corrected chi connectivity index (χ4v) is 6.80. The molecule has 2 bridgehead atoms. The maximum Gasteiger partial charge on any atom is 0.323 e. The third-order valence-corrected chi connectivity index (χ3v) is 8.93. The van der Waals surface area contributed by atoms with Gasteiger partial charge in [-0.05, 0) is 67.9 Å². The number of halogens is 3. The van der Waals surface area contributed by atoms with Gasteiger partial charge in [-0.1, -0.05) is 23.2 Å². The molecule has 0 radical (unpaired) electrons. The molecule has 39 heavy (non-hydrogen) atoms. The normalized spacial score (nSPS) is 29.1. The molecule has 8 nitrogen and oxygen atoms in total. The second kappa shape index (κ2) is 9.35. The van der Waals surface area contributed by atoms with Crippen molar-refractivity contribution >= 4 is 40.9 Å². The number of carboxylic acid groups (broad SMARTS) is 1. The predicted molar refractivity (Wildman–Crippen MR) is 140 cm³/mol. The Hall–Kier alpha value is -2.88. The highest BCUT2D eigenvalue weighted by molar-refractivity contribution is 6.31. The van der Waals surface area contributed by atoms with Gasteiger partial charge in [-0.3, -0.25) is 19.7 Å². The topological polar surface area (TPSA) is 114 Å². The highest BCUT2D eigenvalue weighted by atomic mass is 35.5. The van der Waals surface area contributed by atoms with E-state index >= 15 is 0 Å². The molecule has 2 aromatic carbocycles. The number of carbonyl (C=O) groups excluding carboxylic acids is 2. The minimum absolute atomic E-state index is 0.0216. The summed E-state index contributed by atoms with van der Waals surface area (Å²) in [6.45, 7) is -0.250. The summed E-state index contributed by atoms with van der Waals surface area (Å²) >= 11 is 11.9. The number of ketones is 1. The van der Waals surface area contributed by atoms with Crippen molar-refractivity contribution in [2.75, 3.05) is 6.61 Å². The van der Waals surface area contributed by atoms with Crippen LogP contribution in [0.4, 0.5) is 4.39 Å². The number of carboxylic acids is 1. The van der Waals surface area contributed by atoms with Gasteiger partial charge in [0, 0.05) is 41.1 Å². The largest absolute Gasteiger partial charge is 0.484 e. The quantitative estimate of drug-likeness (QED) is 0.378. The number of Topliss-reactive ketones (excluding diaryl/α,β-unsaturated/α-hetero) is 1. The summed E-state index contributed by atoms with van der Waals surface area (Å²) in [5.41, 5.74) is -0.725. The molecule has 4 saturated carbocycles. The van der Waals surface area contributed by atoms with Gasteiger partial charge in [0.15, 0.2) is 18.5 Å². The van der Waals surface area contributed by atoms with Crippen LogP contribution in [0.3, 0.4) is 0 Å². The standard InChI is InChI=1S/C28H27Cl2FN2O6/c29-15-1-4-22-17(7-15)20(32-28(5-6-28)25(36)37)9-23(39-22)21(34)10-26-12-27(13-26,14-26)33-24(35)11-38-16-2-3-18(30)19(31)8-16/h1-4,7-8,20,23,32H,5-6,9-14H2,(H,33,35)(H,36,37). The zero-order valence-corrected chi connectivity index (χ0v) is 22.4. The number of ether oxygens (including phenoxy) is 2. The summed E-state index contributed by atoms with van der Waals surface area (Å²) in [6.07, 6.45) is 3.09. The third kappa shape index (κ3) is 4.96. The van der Waals surface area contributed by atoms with E-state index in [4.69, 9.17) is 32.7 Å². The lowest BCUT2D eigenvalue weighted by Gasteiger charge is -2.70. The second-order valence-electron chi connectivity index (χ2n) is 11.5. The summed E-state index contributed by atoms with van der Waals surface area (Å²) in [7, 11) is 0. The lowest BCUT2D eigenvalue weighted by Crippen LogP contribution is -2.75. The Morgan fingerprint density at radius 3 is 2.51 bits per heavy atom. The summed E-state index contributed by atoms with van der Waals surface area (Å²) in [5, 5.41) is 16.4. The molecule has 3 N–H and O–H groups in total. The van der Waals surface area contributed by atoms with E-state index in [2.05, 4.69) is 10.6 Å². The Morgan fingerprint density at radius 1 is 1.10 bits per heavy atom. The van der Waals surface area contributed by atoms with E-state index in [0.29, 0.717) is 55.7 Å². The molecule has 1 amide bonds. The van der Waals surface area contributed by atoms with Gasteiger partial charge in [0.05, 0.1) is 5.02 Å². The molecule has 206 valence electrons. The van der Waals surface area contributed by atoms with Gasteiger partial charge < -0.3 is 19.9 Å². The van der Waals surface area contributed by atoms with Crippen molar-refractivity contribution in [2.45, 2.75) is 68.2 Å². The van der Waals surface area contributed by atoms with Gasteiger partial charge in [-0.15, -0.1) is 0 Å². The number of aliphatic carboxylic acids is 1. The molecule has 7 rings (SSSR count). The van der Waals surface area contributed by atoms with E-state index in [9.17, 15) is 23.9 Å². The van der Waals surface area contributed by atoms with E-state index in [1.54, 1.807) is 18.2 Å². The van der Waals surface area contributed by atoms with E-state index in [-0.39, 0.29) is 46.1 Å². The minimum Gasteiger partial charge on any atom is -0.484 e. The fraction of sp³-hybridized carbons (Fsp3) is 0.464. The highest BCUT2D eigenvalue weighted by Gasteiger charge is 2.69. The van der Waals surface area contributed by atoms with Crippen LogP contribution in [-0.2, 0) is 14.4 Å². The van der Waals surface area contributed by atoms with Gasteiger partial charge in [0.1, 0.15) is 22.9 Å². The Kier molecular flexibility index (Phi) is 6.32. The molecule has 1 aliphatic heterocycles. The Bertz CT molecular complexity index is 1360.